The van der Waals surface area contributed by atoms with Crippen LogP contribution in [0.3, 0.4) is 0 Å². The van der Waals surface area contributed by atoms with Crippen LogP contribution in [0.4, 0.5) is 0 Å². The second-order valence-corrected chi connectivity index (χ2v) is 4.01. The van der Waals surface area contributed by atoms with Gasteiger partial charge in [-0.1, -0.05) is 30.3 Å². The average molecular weight is 216 g/mol. The minimum atomic E-state index is -0.760. The highest BCUT2D eigenvalue weighted by atomic mass is 16.4. The number of hydrogen-bond donors (Lipinski definition) is 1. The zero-order valence-electron chi connectivity index (χ0n) is 8.72. The van der Waals surface area contributed by atoms with Gasteiger partial charge >= 0.3 is 5.97 Å². The van der Waals surface area contributed by atoms with E-state index >= 15 is 0 Å². The summed E-state index contributed by atoms with van der Waals surface area (Å²) in [7, 11) is 0. The normalized spacial score (nSPS) is 17.2. The summed E-state index contributed by atoms with van der Waals surface area (Å²) in [6, 6.07) is 7.34. The number of rotatable bonds is 4. The standard InChI is InChI=1S/C13H12O3/c14-8-2-4-10-3-1-5-11(9-10)13(6-7-13)12(15)16/h1-5,8-9H,6-7H2,(H,15,16). The molecule has 0 atom stereocenters. The molecular weight excluding hydrogens is 204 g/mol. The van der Waals surface area contributed by atoms with Gasteiger partial charge in [-0.2, -0.15) is 0 Å². The van der Waals surface area contributed by atoms with Crippen molar-refractivity contribution in [2.45, 2.75) is 18.3 Å². The van der Waals surface area contributed by atoms with E-state index in [2.05, 4.69) is 0 Å². The molecule has 0 amide bonds. The fourth-order valence-corrected chi connectivity index (χ4v) is 1.84. The van der Waals surface area contributed by atoms with Crippen LogP contribution < -0.4 is 0 Å². The number of carboxylic acids is 1. The molecule has 1 aliphatic rings. The SMILES string of the molecule is O=CC=Cc1cccc(C2(C(=O)O)CC2)c1. The van der Waals surface area contributed by atoms with Gasteiger partial charge in [0.25, 0.3) is 0 Å². The summed E-state index contributed by atoms with van der Waals surface area (Å²) in [5, 5.41) is 9.15. The van der Waals surface area contributed by atoms with E-state index in [1.165, 1.54) is 6.08 Å². The molecule has 0 aliphatic heterocycles. The number of hydrogen-bond acceptors (Lipinski definition) is 2. The van der Waals surface area contributed by atoms with Crippen LogP contribution in [0.5, 0.6) is 0 Å². The molecule has 0 radical (unpaired) electrons. The number of carbonyl (C=O) groups is 2. The van der Waals surface area contributed by atoms with Crippen LogP contribution in [0, 0.1) is 0 Å². The first-order valence-corrected chi connectivity index (χ1v) is 5.15. The number of aldehydes is 1. The Kier molecular flexibility index (Phi) is 2.60. The molecule has 1 aromatic carbocycles. The molecule has 0 aromatic heterocycles. The van der Waals surface area contributed by atoms with Gasteiger partial charge in [-0.15, -0.1) is 0 Å². The summed E-state index contributed by atoms with van der Waals surface area (Å²) in [4.78, 5) is 21.3. The predicted molar refractivity (Wildman–Crippen MR) is 60.1 cm³/mol. The van der Waals surface area contributed by atoms with E-state index in [0.29, 0.717) is 19.1 Å². The number of benzene rings is 1. The quantitative estimate of drug-likeness (QED) is 0.618. The van der Waals surface area contributed by atoms with Gasteiger partial charge in [-0.05, 0) is 30.0 Å². The fraction of sp³-hybridized carbons (Fsp3) is 0.231. The number of allylic oxidation sites excluding steroid dienone is 1. The van der Waals surface area contributed by atoms with Gasteiger partial charge in [-0.3, -0.25) is 9.59 Å². The third kappa shape index (κ3) is 1.76. The van der Waals surface area contributed by atoms with Crippen molar-refractivity contribution in [3.63, 3.8) is 0 Å². The Labute approximate surface area is 93.4 Å². The minimum Gasteiger partial charge on any atom is -0.481 e. The van der Waals surface area contributed by atoms with Gasteiger partial charge in [0, 0.05) is 0 Å². The van der Waals surface area contributed by atoms with E-state index in [9.17, 15) is 9.59 Å². The summed E-state index contributed by atoms with van der Waals surface area (Å²) < 4.78 is 0. The Morgan fingerprint density at radius 2 is 2.12 bits per heavy atom. The summed E-state index contributed by atoms with van der Waals surface area (Å²) in [6.07, 6.45) is 5.18. The first-order chi connectivity index (χ1) is 7.69. The van der Waals surface area contributed by atoms with Crippen molar-refractivity contribution in [3.8, 4) is 0 Å². The van der Waals surface area contributed by atoms with Crippen molar-refractivity contribution < 1.29 is 14.7 Å². The number of carbonyl (C=O) groups excluding carboxylic acids is 1. The lowest BCUT2D eigenvalue weighted by molar-refractivity contribution is -0.140. The Morgan fingerprint density at radius 1 is 1.38 bits per heavy atom. The van der Waals surface area contributed by atoms with E-state index < -0.39 is 11.4 Å². The third-order valence-corrected chi connectivity index (χ3v) is 2.97. The molecule has 16 heavy (non-hydrogen) atoms. The van der Waals surface area contributed by atoms with Crippen molar-refractivity contribution in [3.05, 3.63) is 41.5 Å². The molecule has 0 unspecified atom stereocenters. The maximum absolute atomic E-state index is 11.1. The first kappa shape index (κ1) is 10.6. The van der Waals surface area contributed by atoms with Crippen molar-refractivity contribution in [2.24, 2.45) is 0 Å². The predicted octanol–water partition coefficient (Wildman–Crippen LogP) is 2.01. The van der Waals surface area contributed by atoms with E-state index in [1.54, 1.807) is 6.08 Å². The summed E-state index contributed by atoms with van der Waals surface area (Å²) in [6.45, 7) is 0. The van der Waals surface area contributed by atoms with Crippen molar-refractivity contribution in [1.82, 2.24) is 0 Å². The molecule has 0 heterocycles. The van der Waals surface area contributed by atoms with Gasteiger partial charge in [0.15, 0.2) is 0 Å². The zero-order chi connectivity index (χ0) is 11.6. The van der Waals surface area contributed by atoms with E-state index in [0.717, 1.165) is 11.1 Å². The van der Waals surface area contributed by atoms with Crippen LogP contribution >= 0.6 is 0 Å². The minimum absolute atomic E-state index is 0.676. The molecule has 1 aromatic rings. The molecule has 0 spiro atoms. The molecule has 0 saturated heterocycles. The summed E-state index contributed by atoms with van der Waals surface area (Å²) in [5.74, 6) is -0.760. The first-order valence-electron chi connectivity index (χ1n) is 5.15. The molecule has 1 N–H and O–H groups in total. The average Bonchev–Trinajstić information content (AvgIpc) is 3.08. The summed E-state index contributed by atoms with van der Waals surface area (Å²) >= 11 is 0. The smallest absolute Gasteiger partial charge is 0.314 e. The topological polar surface area (TPSA) is 54.4 Å². The lowest BCUT2D eigenvalue weighted by Crippen LogP contribution is -2.19. The number of carboxylic acid groups (broad SMARTS) is 1. The fourth-order valence-electron chi connectivity index (χ4n) is 1.84. The Morgan fingerprint density at radius 3 is 2.69 bits per heavy atom. The lowest BCUT2D eigenvalue weighted by Gasteiger charge is -2.10. The molecule has 3 heteroatoms. The highest BCUT2D eigenvalue weighted by Crippen LogP contribution is 2.48. The Hall–Kier alpha value is -1.90. The highest BCUT2D eigenvalue weighted by Gasteiger charge is 2.51. The largest absolute Gasteiger partial charge is 0.481 e. The van der Waals surface area contributed by atoms with Crippen LogP contribution in [0.2, 0.25) is 0 Å². The van der Waals surface area contributed by atoms with E-state index in [4.69, 9.17) is 5.11 Å². The maximum atomic E-state index is 11.1. The third-order valence-electron chi connectivity index (χ3n) is 2.97. The molecule has 2 rings (SSSR count). The second kappa shape index (κ2) is 3.93. The van der Waals surface area contributed by atoms with Crippen molar-refractivity contribution >= 4 is 18.3 Å². The molecule has 1 fully saturated rings. The van der Waals surface area contributed by atoms with E-state index in [-0.39, 0.29) is 0 Å². The lowest BCUT2D eigenvalue weighted by atomic mass is 9.94. The van der Waals surface area contributed by atoms with Crippen LogP contribution in [0.1, 0.15) is 24.0 Å². The monoisotopic (exact) mass is 216 g/mol. The Bertz CT molecular complexity index is 456. The highest BCUT2D eigenvalue weighted by molar-refractivity contribution is 5.85. The molecule has 1 aliphatic carbocycles. The van der Waals surface area contributed by atoms with Gasteiger partial charge < -0.3 is 5.11 Å². The van der Waals surface area contributed by atoms with Gasteiger partial charge in [0.1, 0.15) is 6.29 Å². The van der Waals surface area contributed by atoms with Crippen LogP contribution in [0.15, 0.2) is 30.3 Å². The molecular formula is C13H12O3. The van der Waals surface area contributed by atoms with Crippen molar-refractivity contribution in [1.29, 1.82) is 0 Å². The van der Waals surface area contributed by atoms with E-state index in [1.807, 2.05) is 24.3 Å². The van der Waals surface area contributed by atoms with Gasteiger partial charge in [0.2, 0.25) is 0 Å². The van der Waals surface area contributed by atoms with Crippen LogP contribution in [-0.4, -0.2) is 17.4 Å². The molecule has 82 valence electrons. The number of aliphatic carboxylic acids is 1. The molecule has 1 saturated carbocycles. The molecule has 0 bridgehead atoms. The second-order valence-electron chi connectivity index (χ2n) is 4.01. The Balaban J connectivity index is 2.33. The zero-order valence-corrected chi connectivity index (χ0v) is 8.72. The van der Waals surface area contributed by atoms with Crippen LogP contribution in [0.25, 0.3) is 6.08 Å². The maximum Gasteiger partial charge on any atom is 0.314 e. The van der Waals surface area contributed by atoms with Crippen molar-refractivity contribution in [2.75, 3.05) is 0 Å². The molecule has 3 nitrogen and oxygen atoms in total. The van der Waals surface area contributed by atoms with Crippen LogP contribution in [-0.2, 0) is 15.0 Å². The van der Waals surface area contributed by atoms with Gasteiger partial charge in [0.05, 0.1) is 5.41 Å². The van der Waals surface area contributed by atoms with Gasteiger partial charge in [-0.25, -0.2) is 0 Å². The summed E-state index contributed by atoms with van der Waals surface area (Å²) in [5.41, 5.74) is 1.01.